The molecule has 1 atom stereocenters. The van der Waals surface area contributed by atoms with E-state index in [-0.39, 0.29) is 29.9 Å². The second kappa shape index (κ2) is 13.0. The summed E-state index contributed by atoms with van der Waals surface area (Å²) in [5.74, 6) is -1.37. The average Bonchev–Trinajstić information content (AvgIpc) is 3.66. The molecule has 13 nitrogen and oxygen atoms in total. The van der Waals surface area contributed by atoms with Crippen molar-refractivity contribution in [1.29, 1.82) is 0 Å². The molecule has 8 rings (SSSR count). The van der Waals surface area contributed by atoms with Crippen LogP contribution in [0.15, 0.2) is 55.0 Å². The summed E-state index contributed by atoms with van der Waals surface area (Å²) in [7, 11) is 0. The fraction of sp³-hybridized carbons (Fsp3) is 0.417. The molecule has 1 aliphatic carbocycles. The van der Waals surface area contributed by atoms with E-state index in [0.717, 1.165) is 96.7 Å². The number of anilines is 2. The van der Waals surface area contributed by atoms with Gasteiger partial charge in [-0.25, -0.2) is 4.98 Å². The molecule has 1 saturated carbocycles. The summed E-state index contributed by atoms with van der Waals surface area (Å²) in [6, 6.07) is 11.2. The standard InChI is InChI=1S/C36H39N9O4/c46-33-8-7-32(34(47)43-33)45-35(48)27-5-3-24(16-28(27)36(45)49)38-11-1-2-21-14-26(15-21)44-20-22(18-40-44)31-19-39-29-6-4-25(17-30(29)42-31)41-23-9-12-37-13-10-23/h3-6,16-21,23,26,32,37-38,41H,1-2,7-15H2,(H,43,46,47)/t21-,26-,32?. The van der Waals surface area contributed by atoms with Crippen LogP contribution in [-0.4, -0.2) is 80.0 Å². The van der Waals surface area contributed by atoms with E-state index in [2.05, 4.69) is 54.4 Å². The summed E-state index contributed by atoms with van der Waals surface area (Å²) in [6.07, 6.45) is 12.4. The number of nitrogens with zero attached hydrogens (tertiary/aromatic N) is 5. The molecule has 252 valence electrons. The van der Waals surface area contributed by atoms with Crippen LogP contribution in [0.3, 0.4) is 0 Å². The quantitative estimate of drug-likeness (QED) is 0.145. The molecule has 49 heavy (non-hydrogen) atoms. The molecule has 13 heteroatoms. The lowest BCUT2D eigenvalue weighted by molar-refractivity contribution is -0.136. The Morgan fingerprint density at radius 2 is 1.69 bits per heavy atom. The first-order valence-corrected chi connectivity index (χ1v) is 17.3. The third kappa shape index (κ3) is 6.26. The Morgan fingerprint density at radius 1 is 0.878 bits per heavy atom. The predicted molar refractivity (Wildman–Crippen MR) is 183 cm³/mol. The Balaban J connectivity index is 0.811. The van der Waals surface area contributed by atoms with Gasteiger partial charge in [-0.2, -0.15) is 5.10 Å². The van der Waals surface area contributed by atoms with Crippen LogP contribution in [0, 0.1) is 5.92 Å². The number of fused-ring (bicyclic) bond motifs is 2. The van der Waals surface area contributed by atoms with Crippen LogP contribution in [0.5, 0.6) is 0 Å². The molecule has 2 saturated heterocycles. The zero-order valence-electron chi connectivity index (χ0n) is 27.2. The van der Waals surface area contributed by atoms with Crippen molar-refractivity contribution >= 4 is 46.0 Å². The molecule has 2 aromatic heterocycles. The highest BCUT2D eigenvalue weighted by Gasteiger charge is 2.44. The molecule has 2 aromatic carbocycles. The van der Waals surface area contributed by atoms with Gasteiger partial charge in [0.2, 0.25) is 11.8 Å². The van der Waals surface area contributed by atoms with Gasteiger partial charge in [-0.05, 0) is 100 Å². The molecule has 4 amide bonds. The van der Waals surface area contributed by atoms with Gasteiger partial charge in [-0.15, -0.1) is 0 Å². The summed E-state index contributed by atoms with van der Waals surface area (Å²) in [4.78, 5) is 60.5. The number of amides is 4. The third-order valence-corrected chi connectivity index (χ3v) is 10.3. The lowest BCUT2D eigenvalue weighted by atomic mass is 9.77. The number of rotatable bonds is 10. The Morgan fingerprint density at radius 3 is 2.53 bits per heavy atom. The number of aromatic nitrogens is 4. The number of benzene rings is 2. The van der Waals surface area contributed by atoms with Gasteiger partial charge in [0, 0.05) is 42.1 Å². The van der Waals surface area contributed by atoms with E-state index in [1.165, 1.54) is 0 Å². The summed E-state index contributed by atoms with van der Waals surface area (Å²) < 4.78 is 2.06. The van der Waals surface area contributed by atoms with Crippen LogP contribution in [0.2, 0.25) is 0 Å². The predicted octanol–water partition coefficient (Wildman–Crippen LogP) is 3.90. The topological polar surface area (TPSA) is 163 Å². The smallest absolute Gasteiger partial charge is 0.262 e. The van der Waals surface area contributed by atoms with Crippen molar-refractivity contribution in [1.82, 2.24) is 35.3 Å². The second-order valence-corrected chi connectivity index (χ2v) is 13.6. The first-order valence-electron chi connectivity index (χ1n) is 17.3. The van der Waals surface area contributed by atoms with E-state index in [1.54, 1.807) is 18.2 Å². The first kappa shape index (κ1) is 31.1. The molecule has 3 fully saturated rings. The highest BCUT2D eigenvalue weighted by atomic mass is 16.2. The maximum Gasteiger partial charge on any atom is 0.262 e. The third-order valence-electron chi connectivity index (χ3n) is 10.3. The van der Waals surface area contributed by atoms with Crippen molar-refractivity contribution in [3.8, 4) is 11.3 Å². The molecular weight excluding hydrogens is 622 g/mol. The summed E-state index contributed by atoms with van der Waals surface area (Å²) >= 11 is 0. The molecule has 4 aliphatic rings. The normalized spacial score (nSPS) is 22.6. The second-order valence-electron chi connectivity index (χ2n) is 13.6. The van der Waals surface area contributed by atoms with Gasteiger partial charge in [0.1, 0.15) is 6.04 Å². The van der Waals surface area contributed by atoms with E-state index in [9.17, 15) is 19.2 Å². The molecule has 1 unspecified atom stereocenters. The SMILES string of the molecule is O=C1CCC(N2C(=O)c3ccc(NCCC[C@H]4C[C@H](n5cc(-c6cnc7ccc(NC8CCNCC8)cc7n6)cn5)C4)cc3C2=O)C(=O)N1. The van der Waals surface area contributed by atoms with Crippen LogP contribution in [0.1, 0.15) is 78.1 Å². The van der Waals surface area contributed by atoms with E-state index >= 15 is 0 Å². The number of carbonyl (C=O) groups is 4. The fourth-order valence-electron chi connectivity index (χ4n) is 7.47. The number of imide groups is 2. The monoisotopic (exact) mass is 661 g/mol. The lowest BCUT2D eigenvalue weighted by Gasteiger charge is -2.35. The zero-order chi connectivity index (χ0) is 33.5. The first-order chi connectivity index (χ1) is 23.9. The number of carbonyl (C=O) groups excluding carboxylic acids is 4. The summed E-state index contributed by atoms with van der Waals surface area (Å²) in [6.45, 7) is 2.82. The van der Waals surface area contributed by atoms with Crippen molar-refractivity contribution < 1.29 is 19.2 Å². The van der Waals surface area contributed by atoms with Gasteiger partial charge in [-0.3, -0.25) is 39.1 Å². The van der Waals surface area contributed by atoms with Crippen molar-refractivity contribution in [2.75, 3.05) is 30.3 Å². The van der Waals surface area contributed by atoms with Gasteiger partial charge < -0.3 is 16.0 Å². The van der Waals surface area contributed by atoms with Gasteiger partial charge >= 0.3 is 0 Å². The molecular formula is C36H39N9O4. The molecule has 0 bridgehead atoms. The van der Waals surface area contributed by atoms with Crippen LogP contribution in [0.4, 0.5) is 11.4 Å². The van der Waals surface area contributed by atoms with Crippen molar-refractivity contribution in [3.05, 3.63) is 66.1 Å². The van der Waals surface area contributed by atoms with Crippen LogP contribution < -0.4 is 21.3 Å². The van der Waals surface area contributed by atoms with E-state index in [1.807, 2.05) is 18.5 Å². The maximum atomic E-state index is 13.1. The Hall–Kier alpha value is -5.17. The zero-order valence-corrected chi connectivity index (χ0v) is 27.2. The molecule has 4 N–H and O–H groups in total. The molecule has 5 heterocycles. The minimum atomic E-state index is -0.964. The van der Waals surface area contributed by atoms with Gasteiger partial charge in [0.05, 0.1) is 46.3 Å². The van der Waals surface area contributed by atoms with Gasteiger partial charge in [0.25, 0.3) is 11.8 Å². The lowest BCUT2D eigenvalue weighted by Crippen LogP contribution is -2.54. The van der Waals surface area contributed by atoms with E-state index < -0.39 is 23.8 Å². The van der Waals surface area contributed by atoms with Crippen LogP contribution in [-0.2, 0) is 9.59 Å². The Kier molecular flexibility index (Phi) is 8.28. The Bertz CT molecular complexity index is 1950. The van der Waals surface area contributed by atoms with Crippen molar-refractivity contribution in [3.63, 3.8) is 0 Å². The molecule has 0 radical (unpaired) electrons. The largest absolute Gasteiger partial charge is 0.385 e. The maximum absolute atomic E-state index is 13.1. The van der Waals surface area contributed by atoms with E-state index in [4.69, 9.17) is 4.98 Å². The molecule has 4 aromatic rings. The number of piperidine rings is 2. The van der Waals surface area contributed by atoms with Gasteiger partial charge in [0.15, 0.2) is 0 Å². The summed E-state index contributed by atoms with van der Waals surface area (Å²) in [5.41, 5.74) is 5.93. The minimum absolute atomic E-state index is 0.0969. The Labute approximate surface area is 283 Å². The summed E-state index contributed by atoms with van der Waals surface area (Å²) in [5, 5.41) is 17.3. The number of hydrogen-bond donors (Lipinski definition) is 4. The number of hydrogen-bond acceptors (Lipinski definition) is 10. The highest BCUT2D eigenvalue weighted by molar-refractivity contribution is 6.23. The molecule has 0 spiro atoms. The number of nitrogens with one attached hydrogen (secondary N) is 4. The van der Waals surface area contributed by atoms with E-state index in [0.29, 0.717) is 18.0 Å². The van der Waals surface area contributed by atoms with Crippen LogP contribution in [0.25, 0.3) is 22.3 Å². The van der Waals surface area contributed by atoms with Gasteiger partial charge in [-0.1, -0.05) is 0 Å². The fourth-order valence-corrected chi connectivity index (χ4v) is 7.47. The minimum Gasteiger partial charge on any atom is -0.385 e. The average molecular weight is 662 g/mol. The van der Waals surface area contributed by atoms with Crippen molar-refractivity contribution in [2.45, 2.75) is 69.5 Å². The molecule has 3 aliphatic heterocycles. The van der Waals surface area contributed by atoms with Crippen molar-refractivity contribution in [2.24, 2.45) is 5.92 Å². The highest BCUT2D eigenvalue weighted by Crippen LogP contribution is 2.40. The van der Waals surface area contributed by atoms with Crippen LogP contribution >= 0.6 is 0 Å².